The lowest BCUT2D eigenvalue weighted by Gasteiger charge is -2.16. The van der Waals surface area contributed by atoms with Crippen LogP contribution in [0, 0.1) is 0 Å². The van der Waals surface area contributed by atoms with Crippen molar-refractivity contribution in [3.63, 3.8) is 0 Å². The Morgan fingerprint density at radius 3 is 2.48 bits per heavy atom. The van der Waals surface area contributed by atoms with Crippen molar-refractivity contribution >= 4 is 11.7 Å². The number of nitrogens with one attached hydrogen (secondary N) is 1. The molecule has 0 radical (unpaired) electrons. The van der Waals surface area contributed by atoms with Crippen molar-refractivity contribution in [3.05, 3.63) is 36.5 Å². The molecule has 3 N–H and O–H groups in total. The fraction of sp³-hybridized carbons (Fsp3) is 0.500. The van der Waals surface area contributed by atoms with Crippen LogP contribution in [0.3, 0.4) is 0 Å². The van der Waals surface area contributed by atoms with Gasteiger partial charge in [0.1, 0.15) is 0 Å². The second-order valence-electron chi connectivity index (χ2n) is 5.43. The molecule has 1 atom stereocenters. The van der Waals surface area contributed by atoms with Crippen LogP contribution in [0.4, 0.5) is 0 Å². The molecule has 0 rings (SSSR count). The Bertz CT molecular complexity index is 416. The van der Waals surface area contributed by atoms with Crippen molar-refractivity contribution in [2.45, 2.75) is 45.3 Å². The van der Waals surface area contributed by atoms with E-state index in [0.29, 0.717) is 12.8 Å². The summed E-state index contributed by atoms with van der Waals surface area (Å²) in [6.07, 6.45) is 9.66. The molecule has 0 aromatic heterocycles. The molecule has 0 heterocycles. The summed E-state index contributed by atoms with van der Waals surface area (Å²) in [6.45, 7) is 4.86. The van der Waals surface area contributed by atoms with Crippen LogP contribution in [-0.2, 0) is 9.59 Å². The minimum absolute atomic E-state index is 0.0471. The van der Waals surface area contributed by atoms with E-state index in [1.54, 1.807) is 38.2 Å². The predicted molar refractivity (Wildman–Crippen MR) is 82.6 cm³/mol. The van der Waals surface area contributed by atoms with Gasteiger partial charge in [0.05, 0.1) is 11.7 Å². The van der Waals surface area contributed by atoms with Gasteiger partial charge in [-0.15, -0.1) is 0 Å². The Morgan fingerprint density at radius 1 is 1.24 bits per heavy atom. The summed E-state index contributed by atoms with van der Waals surface area (Å²) < 4.78 is 0. The molecular weight excluding hydrogens is 270 g/mol. The van der Waals surface area contributed by atoms with Gasteiger partial charge in [-0.05, 0) is 45.8 Å². The fourth-order valence-corrected chi connectivity index (χ4v) is 1.30. The monoisotopic (exact) mass is 295 g/mol. The summed E-state index contributed by atoms with van der Waals surface area (Å²) in [4.78, 5) is 22.0. The number of amides is 1. The van der Waals surface area contributed by atoms with Gasteiger partial charge in [-0.3, -0.25) is 9.59 Å². The molecule has 0 bridgehead atoms. The molecule has 0 aliphatic rings. The number of allylic oxidation sites excluding steroid dienone is 4. The normalized spacial score (nSPS) is 14.1. The minimum atomic E-state index is -0.933. The molecule has 0 aliphatic carbocycles. The average Bonchev–Trinajstić information content (AvgIpc) is 2.36. The summed E-state index contributed by atoms with van der Waals surface area (Å²) in [5, 5.41) is 21.6. The number of carbonyl (C=O) groups is 2. The average molecular weight is 295 g/mol. The number of hydrogen-bond donors (Lipinski definition) is 3. The van der Waals surface area contributed by atoms with Crippen molar-refractivity contribution in [2.24, 2.45) is 0 Å². The highest BCUT2D eigenvalue weighted by molar-refractivity contribution is 5.87. The molecular formula is C16H25NO4. The molecule has 5 nitrogen and oxygen atoms in total. The van der Waals surface area contributed by atoms with E-state index in [4.69, 9.17) is 0 Å². The number of carbonyl (C=O) groups excluding carboxylic acids is 2. The summed E-state index contributed by atoms with van der Waals surface area (Å²) >= 11 is 0. The van der Waals surface area contributed by atoms with E-state index in [1.165, 1.54) is 19.1 Å². The maximum absolute atomic E-state index is 11.4. The zero-order valence-corrected chi connectivity index (χ0v) is 12.9. The summed E-state index contributed by atoms with van der Waals surface area (Å²) in [5.74, 6) is -0.319. The second-order valence-corrected chi connectivity index (χ2v) is 5.43. The van der Waals surface area contributed by atoms with Crippen LogP contribution >= 0.6 is 0 Å². The Morgan fingerprint density at radius 2 is 1.90 bits per heavy atom. The zero-order chi connectivity index (χ0) is 16.3. The molecule has 0 aromatic rings. The highest BCUT2D eigenvalue weighted by atomic mass is 16.3. The first kappa shape index (κ1) is 19.3. The van der Waals surface area contributed by atoms with Gasteiger partial charge in [0.15, 0.2) is 5.78 Å². The molecule has 1 unspecified atom stereocenters. The van der Waals surface area contributed by atoms with Crippen LogP contribution in [0.5, 0.6) is 0 Å². The molecule has 21 heavy (non-hydrogen) atoms. The highest BCUT2D eigenvalue weighted by Gasteiger charge is 2.12. The third-order valence-corrected chi connectivity index (χ3v) is 2.37. The van der Waals surface area contributed by atoms with Gasteiger partial charge in [-0.1, -0.05) is 24.3 Å². The van der Waals surface area contributed by atoms with E-state index < -0.39 is 11.7 Å². The van der Waals surface area contributed by atoms with Gasteiger partial charge in [0.25, 0.3) is 0 Å². The molecule has 0 fully saturated rings. The van der Waals surface area contributed by atoms with Gasteiger partial charge in [-0.25, -0.2) is 0 Å². The largest absolute Gasteiger partial charge is 0.389 e. The van der Waals surface area contributed by atoms with Gasteiger partial charge >= 0.3 is 0 Å². The van der Waals surface area contributed by atoms with Gasteiger partial charge in [0.2, 0.25) is 5.91 Å². The van der Waals surface area contributed by atoms with Crippen LogP contribution in [-0.4, -0.2) is 40.2 Å². The van der Waals surface area contributed by atoms with Crippen molar-refractivity contribution in [1.82, 2.24) is 5.32 Å². The quantitative estimate of drug-likeness (QED) is 0.442. The topological polar surface area (TPSA) is 86.6 Å². The number of hydrogen-bond acceptors (Lipinski definition) is 4. The maximum atomic E-state index is 11.4. The van der Waals surface area contributed by atoms with Gasteiger partial charge in [0, 0.05) is 6.54 Å². The lowest BCUT2D eigenvalue weighted by Crippen LogP contribution is -2.37. The van der Waals surface area contributed by atoms with E-state index in [9.17, 15) is 19.8 Å². The first-order valence-electron chi connectivity index (χ1n) is 6.91. The maximum Gasteiger partial charge on any atom is 0.243 e. The zero-order valence-electron chi connectivity index (χ0n) is 12.9. The molecule has 5 heteroatoms. The molecule has 1 amide bonds. The lowest BCUT2D eigenvalue weighted by molar-refractivity contribution is -0.117. The molecule has 0 spiro atoms. The number of rotatable bonds is 9. The van der Waals surface area contributed by atoms with Crippen LogP contribution in [0.25, 0.3) is 0 Å². The van der Waals surface area contributed by atoms with Gasteiger partial charge in [-0.2, -0.15) is 0 Å². The number of ketones is 1. The molecule has 0 aromatic carbocycles. The molecule has 0 saturated carbocycles. The fourth-order valence-electron chi connectivity index (χ4n) is 1.30. The summed E-state index contributed by atoms with van der Waals surface area (Å²) in [5.41, 5.74) is -0.933. The van der Waals surface area contributed by atoms with E-state index in [1.807, 2.05) is 0 Å². The Balaban J connectivity index is 3.89. The van der Waals surface area contributed by atoms with Crippen molar-refractivity contribution in [1.29, 1.82) is 0 Å². The third kappa shape index (κ3) is 14.5. The van der Waals surface area contributed by atoms with E-state index in [-0.39, 0.29) is 18.2 Å². The summed E-state index contributed by atoms with van der Waals surface area (Å²) in [6, 6.07) is 0. The van der Waals surface area contributed by atoms with E-state index in [2.05, 4.69) is 5.32 Å². The first-order valence-corrected chi connectivity index (χ1v) is 6.91. The van der Waals surface area contributed by atoms with E-state index in [0.717, 1.165) is 0 Å². The Kier molecular flexibility index (Phi) is 9.25. The Labute approximate surface area is 126 Å². The SMILES string of the molecule is CC(=O)C=CC=CC(O)CCC=CC(=O)NCC(C)(C)O. The standard InChI is InChI=1S/C16H25NO4/c1-13(18)8-4-5-9-14(19)10-6-7-11-15(20)17-12-16(2,3)21/h4-5,7-9,11,14,19,21H,6,10,12H2,1-3H3,(H,17,20). The van der Waals surface area contributed by atoms with Crippen molar-refractivity contribution in [3.8, 4) is 0 Å². The van der Waals surface area contributed by atoms with Crippen LogP contribution < -0.4 is 5.32 Å². The van der Waals surface area contributed by atoms with Crippen LogP contribution in [0.1, 0.15) is 33.6 Å². The molecule has 0 aliphatic heterocycles. The molecule has 0 saturated heterocycles. The first-order chi connectivity index (χ1) is 9.70. The third-order valence-electron chi connectivity index (χ3n) is 2.37. The van der Waals surface area contributed by atoms with Crippen molar-refractivity contribution < 1.29 is 19.8 Å². The Hall–Kier alpha value is -1.72. The summed E-state index contributed by atoms with van der Waals surface area (Å²) in [7, 11) is 0. The van der Waals surface area contributed by atoms with Crippen LogP contribution in [0.15, 0.2) is 36.5 Å². The van der Waals surface area contributed by atoms with Gasteiger partial charge < -0.3 is 15.5 Å². The predicted octanol–water partition coefficient (Wildman–Crippen LogP) is 1.27. The smallest absolute Gasteiger partial charge is 0.243 e. The number of aliphatic hydroxyl groups is 2. The number of aliphatic hydroxyl groups excluding tert-OH is 1. The second kappa shape index (κ2) is 10.1. The minimum Gasteiger partial charge on any atom is -0.389 e. The molecule has 118 valence electrons. The van der Waals surface area contributed by atoms with E-state index >= 15 is 0 Å². The van der Waals surface area contributed by atoms with Crippen molar-refractivity contribution in [2.75, 3.05) is 6.54 Å². The highest BCUT2D eigenvalue weighted by Crippen LogP contribution is 2.01. The lowest BCUT2D eigenvalue weighted by atomic mass is 10.1. The van der Waals surface area contributed by atoms with Crippen LogP contribution in [0.2, 0.25) is 0 Å².